The van der Waals surface area contributed by atoms with Gasteiger partial charge in [0, 0.05) is 31.0 Å². The Morgan fingerprint density at radius 3 is 2.81 bits per heavy atom. The van der Waals surface area contributed by atoms with Crippen LogP contribution in [0.2, 0.25) is 0 Å². The van der Waals surface area contributed by atoms with Gasteiger partial charge in [0.05, 0.1) is 0 Å². The van der Waals surface area contributed by atoms with Crippen molar-refractivity contribution < 1.29 is 4.79 Å². The Kier molecular flexibility index (Phi) is 5.46. The van der Waals surface area contributed by atoms with Crippen molar-refractivity contribution in [3.8, 4) is 0 Å². The van der Waals surface area contributed by atoms with Crippen LogP contribution in [0, 0.1) is 6.92 Å². The highest BCUT2D eigenvalue weighted by atomic mass is 16.2. The minimum absolute atomic E-state index is 0.0380. The van der Waals surface area contributed by atoms with E-state index in [1.54, 1.807) is 12.4 Å². The molecule has 21 heavy (non-hydrogen) atoms. The summed E-state index contributed by atoms with van der Waals surface area (Å²) in [4.78, 5) is 18.6. The maximum Gasteiger partial charge on any atom is 0.254 e. The molecule has 1 aromatic heterocycles. The summed E-state index contributed by atoms with van der Waals surface area (Å²) in [6.45, 7) is 3.77. The van der Waals surface area contributed by atoms with Gasteiger partial charge >= 0.3 is 0 Å². The van der Waals surface area contributed by atoms with Crippen molar-refractivity contribution in [1.29, 1.82) is 0 Å². The Labute approximate surface area is 125 Å². The topological polar surface area (TPSA) is 59.2 Å². The average molecular weight is 283 g/mol. The van der Waals surface area contributed by atoms with Crippen LogP contribution in [0.3, 0.4) is 0 Å². The summed E-state index contributed by atoms with van der Waals surface area (Å²) in [5.41, 5.74) is 8.41. The van der Waals surface area contributed by atoms with Crippen molar-refractivity contribution in [3.63, 3.8) is 0 Å². The lowest BCUT2D eigenvalue weighted by atomic mass is 10.1. The number of aromatic nitrogens is 1. The van der Waals surface area contributed by atoms with Gasteiger partial charge in [-0.1, -0.05) is 23.8 Å². The number of nitrogens with zero attached hydrogens (tertiary/aromatic N) is 2. The molecule has 110 valence electrons. The van der Waals surface area contributed by atoms with Crippen molar-refractivity contribution in [2.45, 2.75) is 19.9 Å². The molecule has 0 fully saturated rings. The monoisotopic (exact) mass is 283 g/mol. The van der Waals surface area contributed by atoms with Gasteiger partial charge < -0.3 is 10.6 Å². The third-order valence-electron chi connectivity index (χ3n) is 3.28. The predicted molar refractivity (Wildman–Crippen MR) is 83.8 cm³/mol. The van der Waals surface area contributed by atoms with E-state index < -0.39 is 0 Å². The highest BCUT2D eigenvalue weighted by Crippen LogP contribution is 2.11. The van der Waals surface area contributed by atoms with E-state index in [2.05, 4.69) is 4.98 Å². The molecule has 2 N–H and O–H groups in total. The number of amides is 1. The van der Waals surface area contributed by atoms with E-state index in [0.717, 1.165) is 23.1 Å². The number of rotatable bonds is 6. The second-order valence-corrected chi connectivity index (χ2v) is 5.10. The van der Waals surface area contributed by atoms with Gasteiger partial charge in [-0.3, -0.25) is 9.78 Å². The highest BCUT2D eigenvalue weighted by molar-refractivity contribution is 5.94. The molecular weight excluding hydrogens is 262 g/mol. The summed E-state index contributed by atoms with van der Waals surface area (Å²) in [5, 5.41) is 0. The van der Waals surface area contributed by atoms with Crippen molar-refractivity contribution in [2.75, 3.05) is 13.1 Å². The molecule has 1 heterocycles. The number of nitrogens with two attached hydrogens (primary N) is 1. The van der Waals surface area contributed by atoms with Gasteiger partial charge in [-0.25, -0.2) is 0 Å². The molecule has 0 atom stereocenters. The van der Waals surface area contributed by atoms with Crippen LogP contribution in [0.15, 0.2) is 48.8 Å². The number of benzene rings is 1. The molecular formula is C17H21N3O. The fourth-order valence-corrected chi connectivity index (χ4v) is 2.21. The zero-order valence-corrected chi connectivity index (χ0v) is 12.3. The third kappa shape index (κ3) is 4.39. The van der Waals surface area contributed by atoms with E-state index in [9.17, 15) is 4.79 Å². The van der Waals surface area contributed by atoms with Crippen LogP contribution in [-0.2, 0) is 6.54 Å². The van der Waals surface area contributed by atoms with Crippen LogP contribution in [0.4, 0.5) is 0 Å². The summed E-state index contributed by atoms with van der Waals surface area (Å²) in [7, 11) is 0. The van der Waals surface area contributed by atoms with Gasteiger partial charge in [0.1, 0.15) is 0 Å². The first kappa shape index (κ1) is 15.2. The molecule has 2 aromatic rings. The molecule has 0 spiro atoms. The van der Waals surface area contributed by atoms with Crippen molar-refractivity contribution in [3.05, 3.63) is 65.5 Å². The molecule has 0 bridgehead atoms. The minimum atomic E-state index is 0.0380. The van der Waals surface area contributed by atoms with Crippen LogP contribution in [0.1, 0.15) is 27.9 Å². The molecule has 4 nitrogen and oxygen atoms in total. The fraction of sp³-hybridized carbons (Fsp3) is 0.294. The first-order valence-electron chi connectivity index (χ1n) is 7.15. The Hall–Kier alpha value is -2.20. The molecule has 0 radical (unpaired) electrons. The van der Waals surface area contributed by atoms with E-state index in [-0.39, 0.29) is 5.91 Å². The van der Waals surface area contributed by atoms with Crippen LogP contribution >= 0.6 is 0 Å². The summed E-state index contributed by atoms with van der Waals surface area (Å²) in [6.07, 6.45) is 4.31. The summed E-state index contributed by atoms with van der Waals surface area (Å²) < 4.78 is 0. The SMILES string of the molecule is Cc1cccc(C(=O)N(CCCN)Cc2cccnc2)c1. The van der Waals surface area contributed by atoms with Gasteiger partial charge in [0.25, 0.3) is 5.91 Å². The van der Waals surface area contributed by atoms with Gasteiger partial charge in [-0.2, -0.15) is 0 Å². The lowest BCUT2D eigenvalue weighted by Crippen LogP contribution is -2.32. The van der Waals surface area contributed by atoms with Gasteiger partial charge in [0.15, 0.2) is 0 Å². The van der Waals surface area contributed by atoms with E-state index in [4.69, 9.17) is 5.73 Å². The Bertz CT molecular complexity index is 584. The molecule has 0 saturated carbocycles. The van der Waals surface area contributed by atoms with Crippen molar-refractivity contribution in [2.24, 2.45) is 5.73 Å². The number of carbonyl (C=O) groups excluding carboxylic acids is 1. The molecule has 0 unspecified atom stereocenters. The second-order valence-electron chi connectivity index (χ2n) is 5.10. The van der Waals surface area contributed by atoms with Gasteiger partial charge in [-0.05, 0) is 43.7 Å². The van der Waals surface area contributed by atoms with Crippen molar-refractivity contribution >= 4 is 5.91 Å². The highest BCUT2D eigenvalue weighted by Gasteiger charge is 2.15. The number of carbonyl (C=O) groups is 1. The fourth-order valence-electron chi connectivity index (χ4n) is 2.21. The Morgan fingerprint density at radius 1 is 1.29 bits per heavy atom. The lowest BCUT2D eigenvalue weighted by molar-refractivity contribution is 0.0742. The zero-order chi connectivity index (χ0) is 15.1. The molecule has 4 heteroatoms. The van der Waals surface area contributed by atoms with Gasteiger partial charge in [0.2, 0.25) is 0 Å². The first-order chi connectivity index (χ1) is 10.2. The first-order valence-corrected chi connectivity index (χ1v) is 7.15. The average Bonchev–Trinajstić information content (AvgIpc) is 2.51. The van der Waals surface area contributed by atoms with Crippen LogP contribution in [-0.4, -0.2) is 28.9 Å². The number of hydrogen-bond acceptors (Lipinski definition) is 3. The molecule has 0 aliphatic heterocycles. The largest absolute Gasteiger partial charge is 0.334 e. The standard InChI is InChI=1S/C17H21N3O/c1-14-5-2-7-16(11-14)17(21)20(10-4-8-18)13-15-6-3-9-19-12-15/h2-3,5-7,9,11-12H,4,8,10,13,18H2,1H3. The minimum Gasteiger partial charge on any atom is -0.334 e. The quantitative estimate of drug-likeness (QED) is 0.885. The Morgan fingerprint density at radius 2 is 2.14 bits per heavy atom. The maximum atomic E-state index is 12.7. The van der Waals surface area contributed by atoms with Crippen LogP contribution in [0.5, 0.6) is 0 Å². The summed E-state index contributed by atoms with van der Waals surface area (Å²) >= 11 is 0. The van der Waals surface area contributed by atoms with Crippen LogP contribution < -0.4 is 5.73 Å². The van der Waals surface area contributed by atoms with E-state index in [0.29, 0.717) is 19.6 Å². The smallest absolute Gasteiger partial charge is 0.254 e. The molecule has 1 aromatic carbocycles. The maximum absolute atomic E-state index is 12.7. The van der Waals surface area contributed by atoms with Gasteiger partial charge in [-0.15, -0.1) is 0 Å². The van der Waals surface area contributed by atoms with Crippen LogP contribution in [0.25, 0.3) is 0 Å². The van der Waals surface area contributed by atoms with E-state index in [1.165, 1.54) is 0 Å². The number of aryl methyl sites for hydroxylation is 1. The molecule has 0 aliphatic carbocycles. The normalized spacial score (nSPS) is 10.4. The third-order valence-corrected chi connectivity index (χ3v) is 3.28. The van der Waals surface area contributed by atoms with E-state index in [1.807, 2.05) is 48.2 Å². The number of pyridine rings is 1. The summed E-state index contributed by atoms with van der Waals surface area (Å²) in [6, 6.07) is 11.5. The Balaban J connectivity index is 2.17. The van der Waals surface area contributed by atoms with E-state index >= 15 is 0 Å². The van der Waals surface area contributed by atoms with Crippen molar-refractivity contribution in [1.82, 2.24) is 9.88 Å². The molecule has 0 saturated heterocycles. The summed E-state index contributed by atoms with van der Waals surface area (Å²) in [5.74, 6) is 0.0380. The second kappa shape index (κ2) is 7.55. The molecule has 1 amide bonds. The lowest BCUT2D eigenvalue weighted by Gasteiger charge is -2.23. The molecule has 0 aliphatic rings. The predicted octanol–water partition coefficient (Wildman–Crippen LogP) is 2.38. The molecule has 2 rings (SSSR count). The zero-order valence-electron chi connectivity index (χ0n) is 12.3. The number of hydrogen-bond donors (Lipinski definition) is 1.